The van der Waals surface area contributed by atoms with Gasteiger partial charge in [-0.25, -0.2) is 17.9 Å². The van der Waals surface area contributed by atoms with E-state index in [2.05, 4.69) is 15.4 Å². The second kappa shape index (κ2) is 7.92. The minimum absolute atomic E-state index is 0.242. The lowest BCUT2D eigenvalue weighted by Crippen LogP contribution is -2.31. The van der Waals surface area contributed by atoms with Crippen LogP contribution in [0.1, 0.15) is 41.7 Å². The van der Waals surface area contributed by atoms with Crippen molar-refractivity contribution >= 4 is 27.3 Å². The summed E-state index contributed by atoms with van der Waals surface area (Å²) in [6.07, 6.45) is 7.24. The SMILES string of the molecule is Cc1nn2cccnc2c1C(=O)Nc1ccc(S(=O)(=O)N2CCCCCC2)cc1. The molecule has 1 N–H and O–H groups in total. The molecule has 0 radical (unpaired) electrons. The molecule has 1 aromatic carbocycles. The minimum Gasteiger partial charge on any atom is -0.322 e. The molecule has 0 atom stereocenters. The van der Waals surface area contributed by atoms with Crippen molar-refractivity contribution < 1.29 is 13.2 Å². The van der Waals surface area contributed by atoms with Crippen molar-refractivity contribution in [1.82, 2.24) is 18.9 Å². The van der Waals surface area contributed by atoms with E-state index in [-0.39, 0.29) is 10.8 Å². The molecule has 0 aliphatic carbocycles. The van der Waals surface area contributed by atoms with Gasteiger partial charge in [-0.15, -0.1) is 0 Å². The van der Waals surface area contributed by atoms with Gasteiger partial charge in [0, 0.05) is 31.2 Å². The number of rotatable bonds is 4. The Morgan fingerprint density at radius 3 is 2.45 bits per heavy atom. The molecule has 0 unspecified atom stereocenters. The first-order valence-electron chi connectivity index (χ1n) is 9.68. The summed E-state index contributed by atoms with van der Waals surface area (Å²) in [6.45, 7) is 2.87. The van der Waals surface area contributed by atoms with Gasteiger partial charge in [0.05, 0.1) is 10.6 Å². The number of benzene rings is 1. The van der Waals surface area contributed by atoms with Crippen molar-refractivity contribution in [2.24, 2.45) is 0 Å². The number of anilines is 1. The van der Waals surface area contributed by atoms with Gasteiger partial charge < -0.3 is 5.32 Å². The molecule has 1 saturated heterocycles. The molecule has 8 nitrogen and oxygen atoms in total. The first-order valence-corrected chi connectivity index (χ1v) is 11.1. The van der Waals surface area contributed by atoms with Gasteiger partial charge in [0.15, 0.2) is 5.65 Å². The predicted octanol–water partition coefficient (Wildman–Crippen LogP) is 2.85. The van der Waals surface area contributed by atoms with Crippen LogP contribution in [0.25, 0.3) is 5.65 Å². The Morgan fingerprint density at radius 1 is 1.07 bits per heavy atom. The van der Waals surface area contributed by atoms with E-state index < -0.39 is 10.0 Å². The molecule has 1 fully saturated rings. The highest BCUT2D eigenvalue weighted by Crippen LogP contribution is 2.22. The van der Waals surface area contributed by atoms with Gasteiger partial charge in [0.1, 0.15) is 5.56 Å². The number of carbonyl (C=O) groups excluding carboxylic acids is 1. The molecule has 29 heavy (non-hydrogen) atoms. The number of nitrogens with one attached hydrogen (secondary N) is 1. The summed E-state index contributed by atoms with van der Waals surface area (Å²) in [5, 5.41) is 7.09. The number of amides is 1. The molecule has 0 spiro atoms. The van der Waals surface area contributed by atoms with Gasteiger partial charge in [-0.1, -0.05) is 12.8 Å². The highest BCUT2D eigenvalue weighted by Gasteiger charge is 2.25. The Hall–Kier alpha value is -2.78. The third-order valence-corrected chi connectivity index (χ3v) is 7.03. The van der Waals surface area contributed by atoms with Crippen molar-refractivity contribution in [1.29, 1.82) is 0 Å². The fraction of sp³-hybridized carbons (Fsp3) is 0.350. The summed E-state index contributed by atoms with van der Waals surface area (Å²) in [5.74, 6) is -0.334. The molecule has 1 aliphatic heterocycles. The molecule has 0 saturated carbocycles. The molecular formula is C20H23N5O3S. The molecule has 9 heteroatoms. The maximum atomic E-state index is 12.9. The van der Waals surface area contributed by atoms with Crippen LogP contribution in [0.3, 0.4) is 0 Å². The third kappa shape index (κ3) is 3.88. The van der Waals surface area contributed by atoms with Gasteiger partial charge in [0.2, 0.25) is 10.0 Å². The van der Waals surface area contributed by atoms with Crippen LogP contribution < -0.4 is 5.32 Å². The smallest absolute Gasteiger partial charge is 0.261 e. The number of hydrogen-bond donors (Lipinski definition) is 1. The van der Waals surface area contributed by atoms with E-state index in [9.17, 15) is 13.2 Å². The summed E-state index contributed by atoms with van der Waals surface area (Å²) < 4.78 is 28.9. The topological polar surface area (TPSA) is 96.7 Å². The van der Waals surface area contributed by atoms with Gasteiger partial charge in [0.25, 0.3) is 5.91 Å². The van der Waals surface area contributed by atoms with Crippen molar-refractivity contribution in [3.63, 3.8) is 0 Å². The first kappa shape index (κ1) is 19.5. The van der Waals surface area contributed by atoms with Crippen LogP contribution in [0, 0.1) is 6.92 Å². The van der Waals surface area contributed by atoms with Crippen molar-refractivity contribution in [2.75, 3.05) is 18.4 Å². The number of aromatic nitrogens is 3. The molecule has 4 rings (SSSR count). The zero-order valence-electron chi connectivity index (χ0n) is 16.2. The molecule has 3 aromatic rings. The standard InChI is InChI=1S/C20H23N5O3S/c1-15-18(19-21-11-6-14-25(19)23-15)20(26)22-16-7-9-17(10-8-16)29(27,28)24-12-4-2-3-5-13-24/h6-11,14H,2-5,12-13H2,1H3,(H,22,26). The molecule has 3 heterocycles. The quantitative estimate of drug-likeness (QED) is 0.709. The second-order valence-electron chi connectivity index (χ2n) is 7.15. The van der Waals surface area contributed by atoms with Crippen molar-refractivity contribution in [3.05, 3.63) is 54.0 Å². The van der Waals surface area contributed by atoms with Crippen molar-refractivity contribution in [3.8, 4) is 0 Å². The largest absolute Gasteiger partial charge is 0.322 e. The number of sulfonamides is 1. The summed E-state index contributed by atoms with van der Waals surface area (Å²) in [5.41, 5.74) is 1.95. The average molecular weight is 414 g/mol. The monoisotopic (exact) mass is 413 g/mol. The highest BCUT2D eigenvalue weighted by molar-refractivity contribution is 7.89. The molecule has 1 aliphatic rings. The van der Waals surface area contributed by atoms with Gasteiger partial charge >= 0.3 is 0 Å². The lowest BCUT2D eigenvalue weighted by Gasteiger charge is -2.20. The van der Waals surface area contributed by atoms with E-state index in [1.54, 1.807) is 46.3 Å². The summed E-state index contributed by atoms with van der Waals surface area (Å²) in [7, 11) is -3.51. The molecule has 0 bridgehead atoms. The van der Waals surface area contributed by atoms with E-state index >= 15 is 0 Å². The lowest BCUT2D eigenvalue weighted by molar-refractivity contribution is 0.102. The van der Waals surface area contributed by atoms with Crippen LogP contribution in [0.15, 0.2) is 47.6 Å². The average Bonchev–Trinajstić information content (AvgIpc) is 2.86. The Balaban J connectivity index is 1.53. The Morgan fingerprint density at radius 2 is 1.76 bits per heavy atom. The van der Waals surface area contributed by atoms with E-state index in [1.807, 2.05) is 0 Å². The molecule has 2 aromatic heterocycles. The van der Waals surface area contributed by atoms with Crippen LogP contribution in [-0.4, -0.2) is 46.3 Å². The Labute approximate surface area is 169 Å². The minimum atomic E-state index is -3.51. The van der Waals surface area contributed by atoms with Crippen molar-refractivity contribution in [2.45, 2.75) is 37.5 Å². The van der Waals surface area contributed by atoms with Crippen LogP contribution in [-0.2, 0) is 10.0 Å². The maximum Gasteiger partial charge on any atom is 0.261 e. The van der Waals surface area contributed by atoms with Gasteiger partial charge in [-0.3, -0.25) is 4.79 Å². The molecular weight excluding hydrogens is 390 g/mol. The zero-order valence-corrected chi connectivity index (χ0v) is 17.0. The fourth-order valence-corrected chi connectivity index (χ4v) is 5.11. The van der Waals surface area contributed by atoms with Gasteiger partial charge in [-0.05, 0) is 50.1 Å². The van der Waals surface area contributed by atoms with E-state index in [0.29, 0.717) is 35.7 Å². The summed E-state index contributed by atoms with van der Waals surface area (Å²) in [4.78, 5) is 17.2. The predicted molar refractivity (Wildman–Crippen MR) is 109 cm³/mol. The second-order valence-corrected chi connectivity index (χ2v) is 9.08. The summed E-state index contributed by atoms with van der Waals surface area (Å²) in [6, 6.07) is 8.03. The third-order valence-electron chi connectivity index (χ3n) is 5.11. The fourth-order valence-electron chi connectivity index (χ4n) is 3.60. The van der Waals surface area contributed by atoms with Crippen LogP contribution in [0.2, 0.25) is 0 Å². The number of hydrogen-bond acceptors (Lipinski definition) is 5. The number of fused-ring (bicyclic) bond motifs is 1. The van der Waals surface area contributed by atoms with E-state index in [1.165, 1.54) is 12.1 Å². The summed E-state index contributed by atoms with van der Waals surface area (Å²) >= 11 is 0. The van der Waals surface area contributed by atoms with Crippen LogP contribution >= 0.6 is 0 Å². The first-order chi connectivity index (χ1) is 14.0. The zero-order chi connectivity index (χ0) is 20.4. The molecule has 1 amide bonds. The van der Waals surface area contributed by atoms with Crippen LogP contribution in [0.4, 0.5) is 5.69 Å². The Bertz CT molecular complexity index is 1130. The number of aryl methyl sites for hydroxylation is 1. The van der Waals surface area contributed by atoms with Crippen LogP contribution in [0.5, 0.6) is 0 Å². The lowest BCUT2D eigenvalue weighted by atomic mass is 10.2. The van der Waals surface area contributed by atoms with E-state index in [4.69, 9.17) is 0 Å². The highest BCUT2D eigenvalue weighted by atomic mass is 32.2. The van der Waals surface area contributed by atoms with E-state index in [0.717, 1.165) is 25.7 Å². The number of carbonyl (C=O) groups is 1. The molecule has 152 valence electrons. The normalized spacial score (nSPS) is 15.9. The number of nitrogens with zero attached hydrogens (tertiary/aromatic N) is 4. The maximum absolute atomic E-state index is 12.9. The Kier molecular flexibility index (Phi) is 5.33. The van der Waals surface area contributed by atoms with Gasteiger partial charge in [-0.2, -0.15) is 9.40 Å².